The Bertz CT molecular complexity index is 421. The molecule has 1 aromatic rings. The van der Waals surface area contributed by atoms with E-state index < -0.39 is 0 Å². The number of para-hydroxylation sites is 1. The highest BCUT2D eigenvalue weighted by molar-refractivity contribution is 9.10. The van der Waals surface area contributed by atoms with Crippen LogP contribution in [0.25, 0.3) is 0 Å². The maximum Gasteiger partial charge on any atom is 0.253 e. The second-order valence-electron chi connectivity index (χ2n) is 4.47. The average molecular weight is 317 g/mol. The Hall–Kier alpha value is -0.680. The maximum atomic E-state index is 12.1. The number of nitrogens with two attached hydrogens (primary N) is 1. The summed E-state index contributed by atoms with van der Waals surface area (Å²) in [6.45, 7) is 3.99. The van der Waals surface area contributed by atoms with Gasteiger partial charge in [-0.2, -0.15) is 11.8 Å². The van der Waals surface area contributed by atoms with Crippen molar-refractivity contribution in [2.75, 3.05) is 17.7 Å². The molecule has 1 amide bonds. The Kier molecular flexibility index (Phi) is 4.89. The molecule has 5 heteroatoms. The van der Waals surface area contributed by atoms with Crippen LogP contribution in [0.3, 0.4) is 0 Å². The quantitative estimate of drug-likeness (QED) is 0.840. The molecule has 3 nitrogen and oxygen atoms in total. The van der Waals surface area contributed by atoms with E-state index in [-0.39, 0.29) is 11.4 Å². The molecular formula is C12H17BrN2OS. The van der Waals surface area contributed by atoms with Crippen LogP contribution >= 0.6 is 27.7 Å². The first-order chi connectivity index (χ1) is 7.87. The van der Waals surface area contributed by atoms with Gasteiger partial charge in [-0.1, -0.05) is 6.07 Å². The molecule has 0 bridgehead atoms. The van der Waals surface area contributed by atoms with E-state index in [1.165, 1.54) is 0 Å². The molecule has 0 fully saturated rings. The van der Waals surface area contributed by atoms with Crippen LogP contribution in [0.1, 0.15) is 24.2 Å². The number of anilines is 1. The minimum absolute atomic E-state index is 0.136. The van der Waals surface area contributed by atoms with E-state index in [0.717, 1.165) is 10.2 Å². The predicted molar refractivity (Wildman–Crippen MR) is 78.5 cm³/mol. The molecule has 3 N–H and O–H groups in total. The van der Waals surface area contributed by atoms with Gasteiger partial charge >= 0.3 is 0 Å². The summed E-state index contributed by atoms with van der Waals surface area (Å²) in [5, 5.41) is 2.98. The number of carbonyl (C=O) groups excluding carboxylic acids is 1. The van der Waals surface area contributed by atoms with Crippen LogP contribution in [0.5, 0.6) is 0 Å². The molecule has 0 saturated carbocycles. The number of thioether (sulfide) groups is 1. The van der Waals surface area contributed by atoms with Gasteiger partial charge in [0.1, 0.15) is 0 Å². The number of halogens is 1. The van der Waals surface area contributed by atoms with Gasteiger partial charge < -0.3 is 11.1 Å². The van der Waals surface area contributed by atoms with Gasteiger partial charge in [0.2, 0.25) is 0 Å². The summed E-state index contributed by atoms with van der Waals surface area (Å²) in [6, 6.07) is 5.35. The molecule has 0 aliphatic heterocycles. The molecule has 17 heavy (non-hydrogen) atoms. The van der Waals surface area contributed by atoms with Crippen LogP contribution in [-0.4, -0.2) is 23.5 Å². The second-order valence-corrected chi connectivity index (χ2v) is 6.19. The summed E-state index contributed by atoms with van der Waals surface area (Å²) >= 11 is 5.01. The van der Waals surface area contributed by atoms with Crippen molar-refractivity contribution < 1.29 is 4.79 Å². The van der Waals surface area contributed by atoms with Crippen molar-refractivity contribution in [3.63, 3.8) is 0 Å². The highest BCUT2D eigenvalue weighted by atomic mass is 79.9. The van der Waals surface area contributed by atoms with Gasteiger partial charge in [0, 0.05) is 15.8 Å². The number of hydrogen-bond donors (Lipinski definition) is 2. The first kappa shape index (κ1) is 14.4. The third-order valence-corrected chi connectivity index (χ3v) is 3.96. The minimum atomic E-state index is -0.245. The van der Waals surface area contributed by atoms with E-state index in [9.17, 15) is 4.79 Å². The Labute approximate surface area is 115 Å². The standard InChI is InChI=1S/C12H17BrN2OS/c1-12(2,7-17-3)15-11(16)8-5-4-6-9(13)10(8)14/h4-6H,7,14H2,1-3H3,(H,15,16). The summed E-state index contributed by atoms with van der Waals surface area (Å²) in [5.41, 5.74) is 6.60. The van der Waals surface area contributed by atoms with Gasteiger partial charge in [-0.3, -0.25) is 4.79 Å². The Morgan fingerprint density at radius 3 is 2.76 bits per heavy atom. The van der Waals surface area contributed by atoms with Crippen LogP contribution < -0.4 is 11.1 Å². The molecule has 0 spiro atoms. The third kappa shape index (κ3) is 3.92. The molecule has 1 rings (SSSR count). The molecule has 0 aliphatic carbocycles. The number of amides is 1. The highest BCUT2D eigenvalue weighted by Crippen LogP contribution is 2.23. The predicted octanol–water partition coefficient (Wildman–Crippen LogP) is 2.90. The molecule has 0 aromatic heterocycles. The van der Waals surface area contributed by atoms with E-state index in [2.05, 4.69) is 21.2 Å². The lowest BCUT2D eigenvalue weighted by Crippen LogP contribution is -2.45. The van der Waals surface area contributed by atoms with Crippen LogP contribution in [0, 0.1) is 0 Å². The lowest BCUT2D eigenvalue weighted by molar-refractivity contribution is 0.0922. The highest BCUT2D eigenvalue weighted by Gasteiger charge is 2.21. The SMILES string of the molecule is CSCC(C)(C)NC(=O)c1cccc(Br)c1N. The van der Waals surface area contributed by atoms with Crippen molar-refractivity contribution in [2.24, 2.45) is 0 Å². The zero-order chi connectivity index (χ0) is 13.1. The van der Waals surface area contributed by atoms with Crippen LogP contribution in [0.2, 0.25) is 0 Å². The Morgan fingerprint density at radius 1 is 1.53 bits per heavy atom. The largest absolute Gasteiger partial charge is 0.397 e. The molecule has 0 unspecified atom stereocenters. The monoisotopic (exact) mass is 316 g/mol. The Balaban J connectivity index is 2.87. The average Bonchev–Trinajstić information content (AvgIpc) is 2.21. The summed E-state index contributed by atoms with van der Waals surface area (Å²) in [5.74, 6) is 0.718. The zero-order valence-electron chi connectivity index (χ0n) is 10.2. The Morgan fingerprint density at radius 2 is 2.18 bits per heavy atom. The second kappa shape index (κ2) is 5.78. The smallest absolute Gasteiger partial charge is 0.253 e. The van der Waals surface area contributed by atoms with Crippen molar-refractivity contribution in [1.29, 1.82) is 0 Å². The fourth-order valence-electron chi connectivity index (χ4n) is 1.51. The summed E-state index contributed by atoms with van der Waals surface area (Å²) in [7, 11) is 0. The molecule has 1 aromatic carbocycles. The van der Waals surface area contributed by atoms with Gasteiger partial charge in [0.15, 0.2) is 0 Å². The normalized spacial score (nSPS) is 11.3. The summed E-state index contributed by atoms with van der Waals surface area (Å²) < 4.78 is 0.743. The number of carbonyl (C=O) groups is 1. The topological polar surface area (TPSA) is 55.1 Å². The first-order valence-electron chi connectivity index (χ1n) is 5.23. The number of nitrogens with one attached hydrogen (secondary N) is 1. The summed E-state index contributed by atoms with van der Waals surface area (Å²) in [6.07, 6.45) is 2.02. The number of nitrogen functional groups attached to an aromatic ring is 1. The van der Waals surface area contributed by atoms with Crippen molar-refractivity contribution in [1.82, 2.24) is 5.32 Å². The van der Waals surface area contributed by atoms with E-state index in [0.29, 0.717) is 11.3 Å². The maximum absolute atomic E-state index is 12.1. The summed E-state index contributed by atoms with van der Waals surface area (Å²) in [4.78, 5) is 12.1. The fourth-order valence-corrected chi connectivity index (χ4v) is 2.67. The van der Waals surface area contributed by atoms with Gasteiger partial charge in [-0.15, -0.1) is 0 Å². The van der Waals surface area contributed by atoms with Crippen molar-refractivity contribution in [3.05, 3.63) is 28.2 Å². The van der Waals surface area contributed by atoms with E-state index in [1.807, 2.05) is 26.2 Å². The van der Waals surface area contributed by atoms with Crippen molar-refractivity contribution >= 4 is 39.3 Å². The molecule has 0 heterocycles. The third-order valence-electron chi connectivity index (χ3n) is 2.25. The molecule has 0 saturated heterocycles. The lowest BCUT2D eigenvalue weighted by atomic mass is 10.1. The van der Waals surface area contributed by atoms with Crippen LogP contribution in [0.15, 0.2) is 22.7 Å². The molecule has 0 atom stereocenters. The molecule has 94 valence electrons. The van der Waals surface area contributed by atoms with E-state index >= 15 is 0 Å². The number of rotatable bonds is 4. The van der Waals surface area contributed by atoms with Crippen molar-refractivity contribution in [2.45, 2.75) is 19.4 Å². The van der Waals surface area contributed by atoms with Gasteiger partial charge in [0.25, 0.3) is 5.91 Å². The van der Waals surface area contributed by atoms with Crippen LogP contribution in [0.4, 0.5) is 5.69 Å². The fraction of sp³-hybridized carbons (Fsp3) is 0.417. The number of hydrogen-bond acceptors (Lipinski definition) is 3. The van der Waals surface area contributed by atoms with Crippen molar-refractivity contribution in [3.8, 4) is 0 Å². The van der Waals surface area contributed by atoms with E-state index in [4.69, 9.17) is 5.73 Å². The lowest BCUT2D eigenvalue weighted by Gasteiger charge is -2.25. The minimum Gasteiger partial charge on any atom is -0.397 e. The molecule has 0 aliphatic rings. The molecular weight excluding hydrogens is 300 g/mol. The van der Waals surface area contributed by atoms with Gasteiger partial charge in [-0.05, 0) is 48.2 Å². The zero-order valence-corrected chi connectivity index (χ0v) is 12.6. The van der Waals surface area contributed by atoms with E-state index in [1.54, 1.807) is 23.9 Å². The van der Waals surface area contributed by atoms with Gasteiger partial charge in [0.05, 0.1) is 11.3 Å². The first-order valence-corrected chi connectivity index (χ1v) is 7.41. The number of benzene rings is 1. The molecule has 0 radical (unpaired) electrons. The van der Waals surface area contributed by atoms with Gasteiger partial charge in [-0.25, -0.2) is 0 Å². The van der Waals surface area contributed by atoms with Crippen LogP contribution in [-0.2, 0) is 0 Å².